The number of hydrogen-bond acceptors (Lipinski definition) is 3. The molecule has 0 atom stereocenters. The van der Waals surface area contributed by atoms with Gasteiger partial charge in [-0.3, -0.25) is 0 Å². The largest absolute Gasteiger partial charge is 0.497 e. The standard InChI is InChI=1S/C20H27NO3S/c1-13-14(2)16(4)20(17(5)15(13)3)25(22,23)21-12-11-18-7-9-19(24-6)10-8-18/h7-10,21H,11-12H2,1-6H3. The van der Waals surface area contributed by atoms with Gasteiger partial charge in [0, 0.05) is 6.54 Å². The molecule has 1 N–H and O–H groups in total. The van der Waals surface area contributed by atoms with E-state index >= 15 is 0 Å². The molecule has 0 unspecified atom stereocenters. The summed E-state index contributed by atoms with van der Waals surface area (Å²) >= 11 is 0. The highest BCUT2D eigenvalue weighted by Gasteiger charge is 2.23. The molecule has 0 fully saturated rings. The van der Waals surface area contributed by atoms with E-state index in [1.165, 1.54) is 0 Å². The van der Waals surface area contributed by atoms with Gasteiger partial charge in [-0.2, -0.15) is 0 Å². The van der Waals surface area contributed by atoms with Crippen molar-refractivity contribution < 1.29 is 13.2 Å². The molecule has 0 saturated heterocycles. The van der Waals surface area contributed by atoms with Crippen molar-refractivity contribution >= 4 is 10.0 Å². The number of methoxy groups -OCH3 is 1. The summed E-state index contributed by atoms with van der Waals surface area (Å²) in [5, 5.41) is 0. The van der Waals surface area contributed by atoms with Crippen molar-refractivity contribution in [2.24, 2.45) is 0 Å². The maximum Gasteiger partial charge on any atom is 0.241 e. The van der Waals surface area contributed by atoms with Crippen LogP contribution in [0.1, 0.15) is 33.4 Å². The normalized spacial score (nSPS) is 11.6. The van der Waals surface area contributed by atoms with Crippen LogP contribution in [0.25, 0.3) is 0 Å². The van der Waals surface area contributed by atoms with Crippen LogP contribution in [-0.2, 0) is 16.4 Å². The molecule has 2 rings (SSSR count). The maximum absolute atomic E-state index is 12.8. The van der Waals surface area contributed by atoms with Crippen molar-refractivity contribution in [2.45, 2.75) is 45.9 Å². The highest BCUT2D eigenvalue weighted by Crippen LogP contribution is 2.29. The number of benzene rings is 2. The molecule has 0 saturated carbocycles. The van der Waals surface area contributed by atoms with Gasteiger partial charge in [0.05, 0.1) is 12.0 Å². The Kier molecular flexibility index (Phi) is 5.91. The Labute approximate surface area is 151 Å². The van der Waals surface area contributed by atoms with Gasteiger partial charge in [0.2, 0.25) is 10.0 Å². The Morgan fingerprint density at radius 1 is 0.840 bits per heavy atom. The predicted octanol–water partition coefficient (Wildman–Crippen LogP) is 3.76. The van der Waals surface area contributed by atoms with Crippen LogP contribution in [0.15, 0.2) is 29.2 Å². The average Bonchev–Trinajstić information content (AvgIpc) is 2.58. The Morgan fingerprint density at radius 2 is 1.32 bits per heavy atom. The Hall–Kier alpha value is -1.85. The number of hydrogen-bond donors (Lipinski definition) is 1. The third kappa shape index (κ3) is 4.05. The topological polar surface area (TPSA) is 55.4 Å². The fraction of sp³-hybridized carbons (Fsp3) is 0.400. The lowest BCUT2D eigenvalue weighted by atomic mass is 9.95. The van der Waals surface area contributed by atoms with Gasteiger partial charge in [0.25, 0.3) is 0 Å². The molecule has 2 aromatic carbocycles. The second kappa shape index (κ2) is 7.58. The SMILES string of the molecule is COc1ccc(CCNS(=O)(=O)c2c(C)c(C)c(C)c(C)c2C)cc1. The summed E-state index contributed by atoms with van der Waals surface area (Å²) in [6.45, 7) is 10.1. The molecule has 0 aliphatic rings. The first kappa shape index (κ1) is 19.5. The molecule has 0 amide bonds. The molecular formula is C20H27NO3S. The molecular weight excluding hydrogens is 334 g/mol. The van der Waals surface area contributed by atoms with Crippen LogP contribution >= 0.6 is 0 Å². The molecule has 25 heavy (non-hydrogen) atoms. The van der Waals surface area contributed by atoms with E-state index in [2.05, 4.69) is 4.72 Å². The van der Waals surface area contributed by atoms with Gasteiger partial charge in [0.15, 0.2) is 0 Å². The summed E-state index contributed by atoms with van der Waals surface area (Å²) in [4.78, 5) is 0.419. The highest BCUT2D eigenvalue weighted by atomic mass is 32.2. The molecule has 4 nitrogen and oxygen atoms in total. The number of nitrogens with one attached hydrogen (secondary N) is 1. The van der Waals surface area contributed by atoms with E-state index in [-0.39, 0.29) is 0 Å². The Morgan fingerprint density at radius 3 is 1.80 bits per heavy atom. The van der Waals surface area contributed by atoms with Crippen molar-refractivity contribution in [3.8, 4) is 5.75 Å². The monoisotopic (exact) mass is 361 g/mol. The van der Waals surface area contributed by atoms with Crippen LogP contribution in [0.5, 0.6) is 5.75 Å². The molecule has 0 radical (unpaired) electrons. The molecule has 0 bridgehead atoms. The summed E-state index contributed by atoms with van der Waals surface area (Å²) < 4.78 is 33.6. The first-order valence-electron chi connectivity index (χ1n) is 8.38. The molecule has 0 aliphatic carbocycles. The summed E-state index contributed by atoms with van der Waals surface area (Å²) in [6, 6.07) is 7.66. The molecule has 0 aliphatic heterocycles. The van der Waals surface area contributed by atoms with Gasteiger partial charge in [-0.25, -0.2) is 13.1 Å². The van der Waals surface area contributed by atoms with Crippen molar-refractivity contribution in [1.82, 2.24) is 4.72 Å². The first-order chi connectivity index (χ1) is 11.7. The van der Waals surface area contributed by atoms with E-state index in [9.17, 15) is 8.42 Å². The maximum atomic E-state index is 12.8. The Balaban J connectivity index is 2.19. The van der Waals surface area contributed by atoms with E-state index in [1.54, 1.807) is 7.11 Å². The fourth-order valence-electron chi connectivity index (χ4n) is 3.06. The third-order valence-corrected chi connectivity index (χ3v) is 6.80. The van der Waals surface area contributed by atoms with Crippen molar-refractivity contribution in [3.63, 3.8) is 0 Å². The third-order valence-electron chi connectivity index (χ3n) is 5.06. The summed E-state index contributed by atoms with van der Waals surface area (Å²) in [7, 11) is -1.92. The lowest BCUT2D eigenvalue weighted by Crippen LogP contribution is -2.28. The van der Waals surface area contributed by atoms with Crippen LogP contribution in [0.3, 0.4) is 0 Å². The van der Waals surface area contributed by atoms with Gasteiger partial charge in [0.1, 0.15) is 5.75 Å². The molecule has 0 spiro atoms. The predicted molar refractivity (Wildman–Crippen MR) is 102 cm³/mol. The molecule has 0 heterocycles. The zero-order chi connectivity index (χ0) is 18.8. The molecule has 5 heteroatoms. The van der Waals surface area contributed by atoms with Gasteiger partial charge >= 0.3 is 0 Å². The minimum absolute atomic E-state index is 0.361. The minimum Gasteiger partial charge on any atom is -0.497 e. The van der Waals surface area contributed by atoms with E-state index in [0.29, 0.717) is 17.9 Å². The summed E-state index contributed by atoms with van der Waals surface area (Å²) in [5.74, 6) is 0.793. The number of sulfonamides is 1. The van der Waals surface area contributed by atoms with Crippen LogP contribution < -0.4 is 9.46 Å². The van der Waals surface area contributed by atoms with Crippen LogP contribution in [-0.4, -0.2) is 22.1 Å². The fourth-order valence-corrected chi connectivity index (χ4v) is 4.69. The lowest BCUT2D eigenvalue weighted by molar-refractivity contribution is 0.414. The van der Waals surface area contributed by atoms with E-state index in [4.69, 9.17) is 4.74 Å². The van der Waals surface area contributed by atoms with Gasteiger partial charge in [-0.05, 0) is 86.6 Å². The van der Waals surface area contributed by atoms with E-state index in [0.717, 1.165) is 39.1 Å². The van der Waals surface area contributed by atoms with Gasteiger partial charge < -0.3 is 4.74 Å². The number of rotatable bonds is 6. The zero-order valence-corrected chi connectivity index (χ0v) is 16.7. The van der Waals surface area contributed by atoms with Crippen molar-refractivity contribution in [3.05, 3.63) is 57.6 Å². The smallest absolute Gasteiger partial charge is 0.241 e. The molecule has 0 aromatic heterocycles. The Bertz CT molecular complexity index is 840. The average molecular weight is 362 g/mol. The molecule has 136 valence electrons. The minimum atomic E-state index is -3.54. The number of ether oxygens (including phenoxy) is 1. The van der Waals surface area contributed by atoms with Crippen molar-refractivity contribution in [1.29, 1.82) is 0 Å². The quantitative estimate of drug-likeness (QED) is 0.852. The van der Waals surface area contributed by atoms with Gasteiger partial charge in [-0.15, -0.1) is 0 Å². The van der Waals surface area contributed by atoms with Crippen LogP contribution in [0, 0.1) is 34.6 Å². The van der Waals surface area contributed by atoms with Crippen LogP contribution in [0.2, 0.25) is 0 Å². The van der Waals surface area contributed by atoms with E-state index < -0.39 is 10.0 Å². The molecule has 2 aromatic rings. The second-order valence-corrected chi connectivity index (χ2v) is 8.15. The van der Waals surface area contributed by atoms with E-state index in [1.807, 2.05) is 58.9 Å². The first-order valence-corrected chi connectivity index (χ1v) is 9.87. The van der Waals surface area contributed by atoms with Gasteiger partial charge in [-0.1, -0.05) is 12.1 Å². The summed E-state index contributed by atoms with van der Waals surface area (Å²) in [5.41, 5.74) is 5.97. The zero-order valence-electron chi connectivity index (χ0n) is 15.9. The van der Waals surface area contributed by atoms with Crippen molar-refractivity contribution in [2.75, 3.05) is 13.7 Å². The second-order valence-electron chi connectivity index (χ2n) is 6.45. The summed E-state index contributed by atoms with van der Waals surface area (Å²) in [6.07, 6.45) is 0.630. The van der Waals surface area contributed by atoms with Crippen LogP contribution in [0.4, 0.5) is 0 Å². The highest BCUT2D eigenvalue weighted by molar-refractivity contribution is 7.89. The lowest BCUT2D eigenvalue weighted by Gasteiger charge is -2.19.